The highest BCUT2D eigenvalue weighted by Crippen LogP contribution is 2.31. The van der Waals surface area contributed by atoms with Crippen LogP contribution >= 0.6 is 0 Å². The van der Waals surface area contributed by atoms with Gasteiger partial charge in [-0.05, 0) is 25.3 Å². The normalized spacial score (nSPS) is 22.2. The maximum absolute atomic E-state index is 11.3. The summed E-state index contributed by atoms with van der Waals surface area (Å²) in [4.78, 5) is 25.9. The predicted octanol–water partition coefficient (Wildman–Crippen LogP) is 1.36. The van der Waals surface area contributed by atoms with Crippen LogP contribution in [0.5, 0.6) is 0 Å². The summed E-state index contributed by atoms with van der Waals surface area (Å²) in [5, 5.41) is 14.0. The van der Waals surface area contributed by atoms with E-state index in [1.807, 2.05) is 0 Å². The highest BCUT2D eigenvalue weighted by atomic mass is 16.6. The Labute approximate surface area is 110 Å². The van der Waals surface area contributed by atoms with E-state index in [0.717, 1.165) is 18.4 Å². The third-order valence-electron chi connectivity index (χ3n) is 3.40. The number of carbonyl (C=O) groups excluding carboxylic acids is 1. The van der Waals surface area contributed by atoms with Gasteiger partial charge in [-0.25, -0.2) is 4.98 Å². The molecule has 3 N–H and O–H groups in total. The van der Waals surface area contributed by atoms with Crippen LogP contribution in [0.3, 0.4) is 0 Å². The number of hydrogen-bond acceptors (Lipinski definition) is 5. The summed E-state index contributed by atoms with van der Waals surface area (Å²) in [5.41, 5.74) is 5.97. The van der Waals surface area contributed by atoms with Crippen LogP contribution in [-0.2, 0) is 4.79 Å². The largest absolute Gasteiger partial charge is 0.369 e. The second kappa shape index (κ2) is 5.21. The van der Waals surface area contributed by atoms with Crippen LogP contribution in [0, 0.1) is 23.0 Å². The van der Waals surface area contributed by atoms with Gasteiger partial charge in [0.05, 0.1) is 10.8 Å². The molecule has 7 heteroatoms. The number of nitrogens with one attached hydrogen (secondary N) is 1. The first-order chi connectivity index (χ1) is 8.99. The average Bonchev–Trinajstić information content (AvgIpc) is 2.79. The second-order valence-corrected chi connectivity index (χ2v) is 4.83. The van der Waals surface area contributed by atoms with Crippen molar-refractivity contribution in [2.24, 2.45) is 11.7 Å². The third kappa shape index (κ3) is 2.81. The van der Waals surface area contributed by atoms with Gasteiger partial charge in [0.2, 0.25) is 11.7 Å². The summed E-state index contributed by atoms with van der Waals surface area (Å²) in [7, 11) is 0. The van der Waals surface area contributed by atoms with Crippen molar-refractivity contribution in [3.05, 3.63) is 27.9 Å². The minimum atomic E-state index is -0.476. The van der Waals surface area contributed by atoms with Crippen LogP contribution < -0.4 is 11.1 Å². The number of carbonyl (C=O) groups is 1. The molecular formula is C12H16N4O3. The molecule has 2 atom stereocenters. The van der Waals surface area contributed by atoms with Crippen molar-refractivity contribution >= 4 is 17.4 Å². The zero-order valence-electron chi connectivity index (χ0n) is 10.6. The highest BCUT2D eigenvalue weighted by molar-refractivity contribution is 5.78. The van der Waals surface area contributed by atoms with Gasteiger partial charge >= 0.3 is 5.69 Å². The lowest BCUT2D eigenvalue weighted by molar-refractivity contribution is -0.384. The van der Waals surface area contributed by atoms with Gasteiger partial charge in [-0.1, -0.05) is 6.42 Å². The number of nitrogens with two attached hydrogens (primary N) is 1. The van der Waals surface area contributed by atoms with E-state index in [1.54, 1.807) is 13.1 Å². The van der Waals surface area contributed by atoms with E-state index in [-0.39, 0.29) is 29.4 Å². The number of anilines is 1. The van der Waals surface area contributed by atoms with E-state index in [9.17, 15) is 14.9 Å². The number of nitrogens with zero attached hydrogens (tertiary/aromatic N) is 2. The molecule has 0 radical (unpaired) electrons. The molecule has 1 heterocycles. The maximum Gasteiger partial charge on any atom is 0.311 e. The Hall–Kier alpha value is -2.18. The first-order valence-corrected chi connectivity index (χ1v) is 6.16. The summed E-state index contributed by atoms with van der Waals surface area (Å²) in [6, 6.07) is 1.29. The van der Waals surface area contributed by atoms with Crippen LogP contribution in [0.25, 0.3) is 0 Å². The molecule has 0 saturated heterocycles. The third-order valence-corrected chi connectivity index (χ3v) is 3.40. The van der Waals surface area contributed by atoms with Crippen molar-refractivity contribution in [3.63, 3.8) is 0 Å². The molecule has 0 bridgehead atoms. The van der Waals surface area contributed by atoms with Gasteiger partial charge in [-0.2, -0.15) is 0 Å². The predicted molar refractivity (Wildman–Crippen MR) is 69.6 cm³/mol. The van der Waals surface area contributed by atoms with Crippen LogP contribution in [-0.4, -0.2) is 21.9 Å². The first kappa shape index (κ1) is 13.3. The minimum absolute atomic E-state index is 0.0740. The van der Waals surface area contributed by atoms with E-state index < -0.39 is 4.92 Å². The molecule has 0 aliphatic heterocycles. The van der Waals surface area contributed by atoms with E-state index >= 15 is 0 Å². The fourth-order valence-corrected chi connectivity index (χ4v) is 2.45. The molecule has 1 saturated carbocycles. The fourth-order valence-electron chi connectivity index (χ4n) is 2.45. The van der Waals surface area contributed by atoms with Gasteiger partial charge in [0.15, 0.2) is 0 Å². The molecular weight excluding hydrogens is 248 g/mol. The van der Waals surface area contributed by atoms with Gasteiger partial charge < -0.3 is 11.1 Å². The molecule has 102 valence electrons. The summed E-state index contributed by atoms with van der Waals surface area (Å²) in [6.07, 6.45) is 3.92. The molecule has 1 aromatic rings. The minimum Gasteiger partial charge on any atom is -0.369 e. The number of aromatic nitrogens is 1. The van der Waals surface area contributed by atoms with Gasteiger partial charge in [0, 0.05) is 18.3 Å². The first-order valence-electron chi connectivity index (χ1n) is 6.16. The zero-order chi connectivity index (χ0) is 14.0. The molecule has 1 amide bonds. The lowest BCUT2D eigenvalue weighted by Gasteiger charge is -2.18. The summed E-state index contributed by atoms with van der Waals surface area (Å²) in [6.45, 7) is 1.74. The fraction of sp³-hybridized carbons (Fsp3) is 0.500. The van der Waals surface area contributed by atoms with Crippen LogP contribution in [0.1, 0.15) is 24.8 Å². The number of amides is 1. The SMILES string of the molecule is Cc1cnc(N[C@@H]2CCC[C@@H]2C(N)=O)c([N+](=O)[O-])c1. The monoisotopic (exact) mass is 264 g/mol. The highest BCUT2D eigenvalue weighted by Gasteiger charge is 2.33. The number of rotatable bonds is 4. The van der Waals surface area contributed by atoms with Gasteiger partial charge in [-0.15, -0.1) is 0 Å². The Bertz CT molecular complexity index is 518. The number of aryl methyl sites for hydroxylation is 1. The zero-order valence-corrected chi connectivity index (χ0v) is 10.6. The molecule has 0 aromatic carbocycles. The quantitative estimate of drug-likeness (QED) is 0.630. The standard InChI is InChI=1S/C12H16N4O3/c1-7-5-10(16(18)19)12(14-6-7)15-9-4-2-3-8(9)11(13)17/h5-6,8-9H,2-4H2,1H3,(H2,13,17)(H,14,15)/t8-,9+/m0/s1. The molecule has 19 heavy (non-hydrogen) atoms. The molecule has 2 rings (SSSR count). The van der Waals surface area contributed by atoms with Gasteiger partial charge in [0.25, 0.3) is 0 Å². The summed E-state index contributed by atoms with van der Waals surface area (Å²) in [5.74, 6) is -0.457. The topological polar surface area (TPSA) is 111 Å². The van der Waals surface area contributed by atoms with Crippen molar-refractivity contribution in [3.8, 4) is 0 Å². The number of hydrogen-bond donors (Lipinski definition) is 2. The van der Waals surface area contributed by atoms with E-state index in [2.05, 4.69) is 10.3 Å². The van der Waals surface area contributed by atoms with Crippen LogP contribution in [0.15, 0.2) is 12.3 Å². The molecule has 0 unspecified atom stereocenters. The van der Waals surface area contributed by atoms with E-state index in [1.165, 1.54) is 6.07 Å². The van der Waals surface area contributed by atoms with Crippen molar-refractivity contribution in [2.75, 3.05) is 5.32 Å². The lowest BCUT2D eigenvalue weighted by Crippen LogP contribution is -2.34. The Kier molecular flexibility index (Phi) is 3.64. The second-order valence-electron chi connectivity index (χ2n) is 4.83. The molecule has 1 aromatic heterocycles. The molecule has 1 aliphatic carbocycles. The lowest BCUT2D eigenvalue weighted by atomic mass is 10.0. The number of primary amides is 1. The summed E-state index contributed by atoms with van der Waals surface area (Å²) >= 11 is 0. The Morgan fingerprint density at radius 2 is 2.32 bits per heavy atom. The van der Waals surface area contributed by atoms with Crippen LogP contribution in [0.2, 0.25) is 0 Å². The van der Waals surface area contributed by atoms with E-state index in [0.29, 0.717) is 6.42 Å². The Balaban J connectivity index is 2.23. The summed E-state index contributed by atoms with van der Waals surface area (Å²) < 4.78 is 0. The van der Waals surface area contributed by atoms with Crippen molar-refractivity contribution in [1.82, 2.24) is 4.98 Å². The molecule has 7 nitrogen and oxygen atoms in total. The van der Waals surface area contributed by atoms with Crippen molar-refractivity contribution < 1.29 is 9.72 Å². The van der Waals surface area contributed by atoms with Gasteiger partial charge in [0.1, 0.15) is 0 Å². The average molecular weight is 264 g/mol. The van der Waals surface area contributed by atoms with E-state index in [4.69, 9.17) is 5.73 Å². The molecule has 0 spiro atoms. The Morgan fingerprint density at radius 3 is 2.95 bits per heavy atom. The Morgan fingerprint density at radius 1 is 1.58 bits per heavy atom. The maximum atomic E-state index is 11.3. The molecule has 1 fully saturated rings. The van der Waals surface area contributed by atoms with Crippen LogP contribution in [0.4, 0.5) is 11.5 Å². The number of pyridine rings is 1. The smallest absolute Gasteiger partial charge is 0.311 e. The van der Waals surface area contributed by atoms with Gasteiger partial charge in [-0.3, -0.25) is 14.9 Å². The number of nitro groups is 1. The van der Waals surface area contributed by atoms with Crippen molar-refractivity contribution in [2.45, 2.75) is 32.2 Å². The van der Waals surface area contributed by atoms with Crippen molar-refractivity contribution in [1.29, 1.82) is 0 Å². The molecule has 1 aliphatic rings.